The van der Waals surface area contributed by atoms with E-state index in [0.29, 0.717) is 11.3 Å². The fourth-order valence-electron chi connectivity index (χ4n) is 2.48. The van der Waals surface area contributed by atoms with E-state index in [0.717, 1.165) is 28.9 Å². The van der Waals surface area contributed by atoms with Crippen LogP contribution in [0.5, 0.6) is 0 Å². The van der Waals surface area contributed by atoms with Gasteiger partial charge in [-0.25, -0.2) is 17.9 Å². The molecule has 0 aliphatic heterocycles. The maximum absolute atomic E-state index is 12.7. The van der Waals surface area contributed by atoms with Crippen LogP contribution >= 0.6 is 23.7 Å². The Labute approximate surface area is 150 Å². The van der Waals surface area contributed by atoms with Gasteiger partial charge in [-0.15, -0.1) is 23.7 Å². The topological polar surface area (TPSA) is 98.5 Å². The summed E-state index contributed by atoms with van der Waals surface area (Å²) in [6.07, 6.45) is 2.08. The molecular weight excluding hydrogens is 372 g/mol. The Hall–Kier alpha value is -1.19. The number of sulfonamides is 1. The molecule has 1 fully saturated rings. The van der Waals surface area contributed by atoms with Gasteiger partial charge in [0.05, 0.1) is 7.11 Å². The van der Waals surface area contributed by atoms with Gasteiger partial charge in [-0.05, 0) is 24.8 Å². The Morgan fingerprint density at radius 2 is 2.08 bits per heavy atom. The molecule has 0 amide bonds. The van der Waals surface area contributed by atoms with Gasteiger partial charge in [-0.1, -0.05) is 18.2 Å². The number of thiophene rings is 1. The fourth-order valence-corrected chi connectivity index (χ4v) is 5.37. The number of carbonyl (C=O) groups is 1. The van der Waals surface area contributed by atoms with Gasteiger partial charge in [0, 0.05) is 22.7 Å². The minimum absolute atomic E-state index is 0. The van der Waals surface area contributed by atoms with Gasteiger partial charge in [0.15, 0.2) is 0 Å². The van der Waals surface area contributed by atoms with Crippen molar-refractivity contribution in [3.63, 3.8) is 0 Å². The van der Waals surface area contributed by atoms with Gasteiger partial charge in [0.1, 0.15) is 9.77 Å². The first-order chi connectivity index (χ1) is 10.9. The molecule has 1 aliphatic rings. The summed E-state index contributed by atoms with van der Waals surface area (Å²) in [6.45, 7) is 0.164. The predicted octanol–water partition coefficient (Wildman–Crippen LogP) is 2.13. The molecule has 0 spiro atoms. The molecule has 9 heteroatoms. The molecule has 1 aliphatic carbocycles. The summed E-state index contributed by atoms with van der Waals surface area (Å²) >= 11 is 1.11. The molecule has 0 bridgehead atoms. The molecule has 1 heterocycles. The highest BCUT2D eigenvalue weighted by Crippen LogP contribution is 2.35. The van der Waals surface area contributed by atoms with Crippen LogP contribution in [0.2, 0.25) is 0 Å². The molecular formula is C15H19ClN2O4S2. The van der Waals surface area contributed by atoms with Gasteiger partial charge in [0.25, 0.3) is 0 Å². The van der Waals surface area contributed by atoms with E-state index in [1.54, 1.807) is 24.3 Å². The number of carbonyl (C=O) groups excluding carboxylic acids is 1. The number of esters is 1. The Morgan fingerprint density at radius 1 is 1.42 bits per heavy atom. The largest absolute Gasteiger partial charge is 0.465 e. The number of fused-ring (bicyclic) bond motifs is 1. The van der Waals surface area contributed by atoms with E-state index >= 15 is 0 Å². The first kappa shape index (κ1) is 19.1. The van der Waals surface area contributed by atoms with Crippen molar-refractivity contribution in [1.82, 2.24) is 4.72 Å². The van der Waals surface area contributed by atoms with Crippen molar-refractivity contribution >= 4 is 49.8 Å². The standard InChI is InChI=1S/C15H18N2O4S2.ClH/c1-21-15(18)13-14(10-4-2-3-5-12(10)22-13)23(19,20)17-8-11(16)9-6-7-9;/h2-5,9,11,17H,6-8,16H2,1H3;1H. The normalized spacial score (nSPS) is 15.8. The van der Waals surface area contributed by atoms with Crippen molar-refractivity contribution < 1.29 is 17.9 Å². The molecule has 0 radical (unpaired) electrons. The maximum Gasteiger partial charge on any atom is 0.349 e. The minimum atomic E-state index is -3.85. The van der Waals surface area contributed by atoms with Crippen LogP contribution in [0, 0.1) is 5.92 Å². The molecule has 3 N–H and O–H groups in total. The molecule has 1 aromatic carbocycles. The molecule has 132 valence electrons. The third-order valence-electron chi connectivity index (χ3n) is 3.93. The van der Waals surface area contributed by atoms with Gasteiger partial charge in [-0.3, -0.25) is 0 Å². The average Bonchev–Trinajstić information content (AvgIpc) is 3.31. The average molecular weight is 391 g/mol. The summed E-state index contributed by atoms with van der Waals surface area (Å²) < 4.78 is 33.4. The van der Waals surface area contributed by atoms with Gasteiger partial charge in [-0.2, -0.15) is 0 Å². The van der Waals surface area contributed by atoms with Gasteiger partial charge < -0.3 is 10.5 Å². The smallest absolute Gasteiger partial charge is 0.349 e. The van der Waals surface area contributed by atoms with E-state index in [-0.39, 0.29) is 34.8 Å². The Balaban J connectivity index is 0.00000208. The molecule has 6 nitrogen and oxygen atoms in total. The van der Waals surface area contributed by atoms with E-state index < -0.39 is 16.0 Å². The third kappa shape index (κ3) is 3.73. The number of nitrogens with two attached hydrogens (primary N) is 1. The highest BCUT2D eigenvalue weighted by atomic mass is 35.5. The first-order valence-corrected chi connectivity index (χ1v) is 9.59. The number of hydrogen-bond donors (Lipinski definition) is 2. The maximum atomic E-state index is 12.7. The van der Waals surface area contributed by atoms with E-state index in [9.17, 15) is 13.2 Å². The molecule has 2 aromatic rings. The first-order valence-electron chi connectivity index (χ1n) is 7.29. The molecule has 0 saturated heterocycles. The van der Waals surface area contributed by atoms with Crippen LogP contribution in [0.1, 0.15) is 22.5 Å². The van der Waals surface area contributed by atoms with Gasteiger partial charge >= 0.3 is 5.97 Å². The summed E-state index contributed by atoms with van der Waals surface area (Å²) in [5, 5.41) is 0.519. The van der Waals surface area contributed by atoms with Crippen LogP contribution in [0.25, 0.3) is 10.1 Å². The van der Waals surface area contributed by atoms with Crippen LogP contribution in [-0.2, 0) is 14.8 Å². The van der Waals surface area contributed by atoms with E-state index in [1.165, 1.54) is 7.11 Å². The highest BCUT2D eigenvalue weighted by molar-refractivity contribution is 7.90. The number of nitrogens with one attached hydrogen (secondary N) is 1. The minimum Gasteiger partial charge on any atom is -0.465 e. The summed E-state index contributed by atoms with van der Waals surface area (Å²) in [5.74, 6) is -0.268. The van der Waals surface area contributed by atoms with Crippen molar-refractivity contribution in [2.24, 2.45) is 11.7 Å². The number of methoxy groups -OCH3 is 1. The quantitative estimate of drug-likeness (QED) is 0.736. The lowest BCUT2D eigenvalue weighted by atomic mass is 10.2. The summed E-state index contributed by atoms with van der Waals surface area (Å²) in [4.78, 5) is 12.0. The third-order valence-corrected chi connectivity index (χ3v) is 6.71. The highest BCUT2D eigenvalue weighted by Gasteiger charge is 2.32. The molecule has 1 atom stereocenters. The van der Waals surface area contributed by atoms with Crippen LogP contribution in [-0.4, -0.2) is 34.1 Å². The van der Waals surface area contributed by atoms with Crippen molar-refractivity contribution in [1.29, 1.82) is 0 Å². The molecule has 1 aromatic heterocycles. The zero-order valence-corrected chi connectivity index (χ0v) is 15.5. The Bertz CT molecular complexity index is 846. The predicted molar refractivity (Wildman–Crippen MR) is 96.3 cm³/mol. The zero-order chi connectivity index (χ0) is 16.6. The summed E-state index contributed by atoms with van der Waals surface area (Å²) in [7, 11) is -2.61. The van der Waals surface area contributed by atoms with Gasteiger partial charge in [0.2, 0.25) is 10.0 Å². The molecule has 1 unspecified atom stereocenters. The van der Waals surface area contributed by atoms with Crippen molar-refractivity contribution in [3.8, 4) is 0 Å². The number of rotatable bonds is 6. The Morgan fingerprint density at radius 3 is 2.71 bits per heavy atom. The van der Waals surface area contributed by atoms with Crippen LogP contribution in [0.15, 0.2) is 29.2 Å². The Kier molecular flexibility index (Phi) is 5.87. The SMILES string of the molecule is COC(=O)c1sc2ccccc2c1S(=O)(=O)NCC(N)C1CC1.Cl. The van der Waals surface area contributed by atoms with Crippen molar-refractivity contribution in [2.45, 2.75) is 23.8 Å². The number of ether oxygens (including phenoxy) is 1. The number of hydrogen-bond acceptors (Lipinski definition) is 6. The van der Waals surface area contributed by atoms with E-state index in [1.807, 2.05) is 0 Å². The lowest BCUT2D eigenvalue weighted by Crippen LogP contribution is -2.38. The summed E-state index contributed by atoms with van der Waals surface area (Å²) in [5.41, 5.74) is 5.96. The second-order valence-electron chi connectivity index (χ2n) is 5.60. The molecule has 3 rings (SSSR count). The van der Waals surface area contributed by atoms with Crippen LogP contribution in [0.4, 0.5) is 0 Å². The second kappa shape index (κ2) is 7.37. The van der Waals surface area contributed by atoms with Crippen LogP contribution in [0.3, 0.4) is 0 Å². The van der Waals surface area contributed by atoms with Crippen molar-refractivity contribution in [3.05, 3.63) is 29.1 Å². The number of halogens is 1. The monoisotopic (exact) mass is 390 g/mol. The summed E-state index contributed by atoms with van der Waals surface area (Å²) in [6, 6.07) is 6.81. The van der Waals surface area contributed by atoms with Crippen molar-refractivity contribution in [2.75, 3.05) is 13.7 Å². The van der Waals surface area contributed by atoms with E-state index in [4.69, 9.17) is 10.5 Å². The van der Waals surface area contributed by atoms with Crippen LogP contribution < -0.4 is 10.5 Å². The molecule has 1 saturated carbocycles. The second-order valence-corrected chi connectivity index (χ2v) is 8.36. The lowest BCUT2D eigenvalue weighted by molar-refractivity contribution is 0.0602. The fraction of sp³-hybridized carbons (Fsp3) is 0.400. The molecule has 24 heavy (non-hydrogen) atoms. The number of benzene rings is 1. The lowest BCUT2D eigenvalue weighted by Gasteiger charge is -2.12. The van der Waals surface area contributed by atoms with E-state index in [2.05, 4.69) is 4.72 Å². The zero-order valence-electron chi connectivity index (χ0n) is 13.0.